The fourth-order valence-electron chi connectivity index (χ4n) is 2.88. The second-order valence-corrected chi connectivity index (χ2v) is 5.62. The minimum atomic E-state index is -0.427. The van der Waals surface area contributed by atoms with Gasteiger partial charge in [-0.15, -0.1) is 0 Å². The summed E-state index contributed by atoms with van der Waals surface area (Å²) in [6.07, 6.45) is 1.81. The lowest BCUT2D eigenvalue weighted by Crippen LogP contribution is -2.15. The van der Waals surface area contributed by atoms with Crippen molar-refractivity contribution in [3.8, 4) is 5.75 Å². The highest BCUT2D eigenvalue weighted by Gasteiger charge is 2.22. The van der Waals surface area contributed by atoms with Gasteiger partial charge >= 0.3 is 5.97 Å². The first kappa shape index (κ1) is 16.8. The summed E-state index contributed by atoms with van der Waals surface area (Å²) in [6, 6.07) is 12.4. The van der Waals surface area contributed by atoms with Crippen molar-refractivity contribution < 1.29 is 19.1 Å². The van der Waals surface area contributed by atoms with E-state index in [-0.39, 0.29) is 12.4 Å². The Balaban J connectivity index is 2.20. The lowest BCUT2D eigenvalue weighted by molar-refractivity contribution is 0.0525. The Labute approximate surface area is 145 Å². The largest absolute Gasteiger partial charge is 0.497 e. The Morgan fingerprint density at radius 1 is 1.12 bits per heavy atom. The molecule has 0 spiro atoms. The van der Waals surface area contributed by atoms with Crippen molar-refractivity contribution in [3.05, 3.63) is 71.0 Å². The fraction of sp³-hybridized carbons (Fsp3) is 0.200. The monoisotopic (exact) mass is 337 g/mol. The molecule has 0 aliphatic carbocycles. The van der Waals surface area contributed by atoms with Gasteiger partial charge in [-0.05, 0) is 49.7 Å². The second kappa shape index (κ2) is 6.81. The van der Waals surface area contributed by atoms with E-state index in [1.54, 1.807) is 55.7 Å². The average Bonchev–Trinajstić information content (AvgIpc) is 3.09. The molecule has 2 heterocycles. The summed E-state index contributed by atoms with van der Waals surface area (Å²) in [7, 11) is 1.56. The van der Waals surface area contributed by atoms with E-state index in [2.05, 4.69) is 0 Å². The molecule has 0 saturated carbocycles. The first-order chi connectivity index (χ1) is 12.1. The number of aromatic nitrogens is 1. The van der Waals surface area contributed by atoms with Gasteiger partial charge in [-0.2, -0.15) is 0 Å². The number of carbonyl (C=O) groups excluding carboxylic acids is 2. The van der Waals surface area contributed by atoms with Gasteiger partial charge in [0.1, 0.15) is 5.75 Å². The van der Waals surface area contributed by atoms with E-state index < -0.39 is 5.97 Å². The third-order valence-electron chi connectivity index (χ3n) is 4.11. The molecule has 0 aliphatic heterocycles. The summed E-state index contributed by atoms with van der Waals surface area (Å²) in [5.41, 5.74) is 2.70. The van der Waals surface area contributed by atoms with Crippen LogP contribution in [-0.2, 0) is 4.74 Å². The molecule has 0 N–H and O–H groups in total. The Kier molecular flexibility index (Phi) is 4.57. The Bertz CT molecular complexity index is 955. The van der Waals surface area contributed by atoms with Crippen LogP contribution in [0.25, 0.3) is 5.52 Å². The van der Waals surface area contributed by atoms with E-state index >= 15 is 0 Å². The average molecular weight is 337 g/mol. The van der Waals surface area contributed by atoms with Crippen LogP contribution in [0.15, 0.2) is 48.7 Å². The van der Waals surface area contributed by atoms with Crippen molar-refractivity contribution in [2.24, 2.45) is 0 Å². The number of methoxy groups -OCH3 is 1. The molecule has 0 bridgehead atoms. The van der Waals surface area contributed by atoms with Crippen molar-refractivity contribution in [2.75, 3.05) is 13.7 Å². The standard InChI is InChI=1S/C20H19NO4/c1-4-25-20(23)17-12-15-8-6-10-21(15)18(13(17)2)19(22)14-7-5-9-16(11-14)24-3/h5-12H,4H2,1-3H3. The zero-order valence-electron chi connectivity index (χ0n) is 14.4. The first-order valence-electron chi connectivity index (χ1n) is 8.03. The maximum absolute atomic E-state index is 13.2. The SMILES string of the molecule is CCOC(=O)c1cc2cccn2c(C(=O)c2cccc(OC)c2)c1C. The third kappa shape index (κ3) is 3.01. The number of ether oxygens (including phenoxy) is 2. The topological polar surface area (TPSA) is 57.0 Å². The van der Waals surface area contributed by atoms with Gasteiger partial charge in [-0.25, -0.2) is 4.79 Å². The van der Waals surface area contributed by atoms with Crippen LogP contribution in [0.1, 0.15) is 38.9 Å². The Hall–Kier alpha value is -3.08. The minimum absolute atomic E-state index is 0.177. The molecule has 1 aromatic carbocycles. The number of fused-ring (bicyclic) bond motifs is 1. The molecule has 0 aliphatic rings. The number of nitrogens with zero attached hydrogens (tertiary/aromatic N) is 1. The normalized spacial score (nSPS) is 10.7. The summed E-state index contributed by atoms with van der Waals surface area (Å²) in [4.78, 5) is 25.4. The Morgan fingerprint density at radius 2 is 1.92 bits per heavy atom. The van der Waals surface area contributed by atoms with Crippen LogP contribution in [0.2, 0.25) is 0 Å². The third-order valence-corrected chi connectivity index (χ3v) is 4.11. The smallest absolute Gasteiger partial charge is 0.338 e. The molecular weight excluding hydrogens is 318 g/mol. The van der Waals surface area contributed by atoms with Gasteiger partial charge in [-0.3, -0.25) is 4.79 Å². The van der Waals surface area contributed by atoms with Crippen molar-refractivity contribution >= 4 is 17.3 Å². The van der Waals surface area contributed by atoms with Crippen LogP contribution < -0.4 is 4.74 Å². The van der Waals surface area contributed by atoms with Gasteiger partial charge in [-0.1, -0.05) is 12.1 Å². The van der Waals surface area contributed by atoms with Gasteiger partial charge < -0.3 is 13.9 Å². The number of rotatable bonds is 5. The molecule has 25 heavy (non-hydrogen) atoms. The van der Waals surface area contributed by atoms with Crippen molar-refractivity contribution in [1.29, 1.82) is 0 Å². The maximum atomic E-state index is 13.2. The number of carbonyl (C=O) groups is 2. The van der Waals surface area contributed by atoms with Gasteiger partial charge in [0.15, 0.2) is 0 Å². The highest BCUT2D eigenvalue weighted by atomic mass is 16.5. The minimum Gasteiger partial charge on any atom is -0.497 e. The van der Waals surface area contributed by atoms with E-state index in [1.807, 2.05) is 18.3 Å². The van der Waals surface area contributed by atoms with Crippen LogP contribution in [0, 0.1) is 6.92 Å². The molecule has 5 heteroatoms. The number of hydrogen-bond donors (Lipinski definition) is 0. The summed E-state index contributed by atoms with van der Waals surface area (Å²) >= 11 is 0. The van der Waals surface area contributed by atoms with E-state index in [4.69, 9.17) is 9.47 Å². The molecule has 0 amide bonds. The maximum Gasteiger partial charge on any atom is 0.338 e. The highest BCUT2D eigenvalue weighted by molar-refractivity contribution is 6.11. The lowest BCUT2D eigenvalue weighted by atomic mass is 10.00. The van der Waals surface area contributed by atoms with Crippen LogP contribution in [-0.4, -0.2) is 29.9 Å². The summed E-state index contributed by atoms with van der Waals surface area (Å²) in [5.74, 6) is 0.000871. The molecule has 128 valence electrons. The summed E-state index contributed by atoms with van der Waals surface area (Å²) < 4.78 is 12.1. The predicted octanol–water partition coefficient (Wildman–Crippen LogP) is 3.66. The number of esters is 1. The molecule has 0 atom stereocenters. The van der Waals surface area contributed by atoms with Crippen LogP contribution >= 0.6 is 0 Å². The van der Waals surface area contributed by atoms with E-state index in [1.165, 1.54) is 0 Å². The number of ketones is 1. The molecule has 3 aromatic rings. The van der Waals surface area contributed by atoms with E-state index in [0.29, 0.717) is 28.1 Å². The number of benzene rings is 1. The van der Waals surface area contributed by atoms with Crippen molar-refractivity contribution in [3.63, 3.8) is 0 Å². The molecule has 0 fully saturated rings. The predicted molar refractivity (Wildman–Crippen MR) is 94.5 cm³/mol. The summed E-state index contributed by atoms with van der Waals surface area (Å²) in [6.45, 7) is 3.80. The second-order valence-electron chi connectivity index (χ2n) is 5.62. The zero-order valence-corrected chi connectivity index (χ0v) is 14.4. The van der Waals surface area contributed by atoms with Gasteiger partial charge in [0.2, 0.25) is 5.78 Å². The van der Waals surface area contributed by atoms with Crippen LogP contribution in [0.3, 0.4) is 0 Å². The first-order valence-corrected chi connectivity index (χ1v) is 8.03. The van der Waals surface area contributed by atoms with Crippen LogP contribution in [0.5, 0.6) is 5.75 Å². The molecule has 2 aromatic heterocycles. The molecule has 0 radical (unpaired) electrons. The number of pyridine rings is 1. The van der Waals surface area contributed by atoms with Crippen molar-refractivity contribution in [2.45, 2.75) is 13.8 Å². The Morgan fingerprint density at radius 3 is 2.64 bits per heavy atom. The fourth-order valence-corrected chi connectivity index (χ4v) is 2.88. The molecular formula is C20H19NO4. The van der Waals surface area contributed by atoms with E-state index in [9.17, 15) is 9.59 Å². The van der Waals surface area contributed by atoms with Crippen molar-refractivity contribution in [1.82, 2.24) is 4.40 Å². The molecule has 3 rings (SSSR count). The van der Waals surface area contributed by atoms with Gasteiger partial charge in [0, 0.05) is 17.3 Å². The van der Waals surface area contributed by atoms with E-state index in [0.717, 1.165) is 5.52 Å². The highest BCUT2D eigenvalue weighted by Crippen LogP contribution is 2.24. The van der Waals surface area contributed by atoms with Gasteiger partial charge in [0.25, 0.3) is 0 Å². The number of hydrogen-bond acceptors (Lipinski definition) is 4. The van der Waals surface area contributed by atoms with Gasteiger partial charge in [0.05, 0.1) is 25.0 Å². The lowest BCUT2D eigenvalue weighted by Gasteiger charge is -2.14. The summed E-state index contributed by atoms with van der Waals surface area (Å²) in [5, 5.41) is 0. The van der Waals surface area contributed by atoms with Crippen LogP contribution in [0.4, 0.5) is 0 Å². The zero-order chi connectivity index (χ0) is 18.0. The molecule has 5 nitrogen and oxygen atoms in total. The molecule has 0 unspecified atom stereocenters. The quantitative estimate of drug-likeness (QED) is 0.526. The molecule has 0 saturated heterocycles.